The Balaban J connectivity index is 2.26. The van der Waals surface area contributed by atoms with Crippen LogP contribution in [0.15, 0.2) is 28.8 Å². The van der Waals surface area contributed by atoms with Gasteiger partial charge in [0.2, 0.25) is 5.88 Å². The smallest absolute Gasteiger partial charge is 0.261 e. The number of benzene rings is 1. The lowest BCUT2D eigenvalue weighted by atomic mass is 10.1. The third-order valence-electron chi connectivity index (χ3n) is 2.36. The molecule has 0 saturated heterocycles. The second-order valence-corrected chi connectivity index (χ2v) is 3.71. The van der Waals surface area contributed by atoms with Crippen molar-refractivity contribution in [1.29, 1.82) is 0 Å². The molecule has 0 fully saturated rings. The number of hydrogen-bond acceptors (Lipinski definition) is 5. The number of nitrogens with one attached hydrogen (secondary N) is 1. The summed E-state index contributed by atoms with van der Waals surface area (Å²) in [6.07, 6.45) is 0. The number of hydrogen-bond donors (Lipinski definition) is 2. The van der Waals surface area contributed by atoms with Crippen LogP contribution in [-0.4, -0.2) is 18.2 Å². The zero-order chi connectivity index (χ0) is 13.1. The molecule has 0 aliphatic rings. The number of amides is 1. The maximum Gasteiger partial charge on any atom is 0.261 e. The summed E-state index contributed by atoms with van der Waals surface area (Å²) in [6, 6.07) is 6.58. The minimum atomic E-state index is -0.365. The van der Waals surface area contributed by atoms with Gasteiger partial charge in [-0.2, -0.15) is 0 Å². The number of carbonyl (C=O) groups is 1. The van der Waals surface area contributed by atoms with Crippen LogP contribution in [-0.2, 0) is 0 Å². The molecule has 0 aliphatic heterocycles. The van der Waals surface area contributed by atoms with Gasteiger partial charge in [-0.3, -0.25) is 10.1 Å². The molecule has 1 aromatic carbocycles. The molecule has 0 saturated carbocycles. The number of aryl methyl sites for hydroxylation is 1. The number of methoxy groups -OCH3 is 1. The van der Waals surface area contributed by atoms with Crippen LogP contribution in [0.1, 0.15) is 16.1 Å². The molecule has 1 amide bonds. The van der Waals surface area contributed by atoms with Crippen molar-refractivity contribution in [2.45, 2.75) is 6.92 Å². The van der Waals surface area contributed by atoms with Crippen LogP contribution in [0.3, 0.4) is 0 Å². The lowest BCUT2D eigenvalue weighted by Crippen LogP contribution is -2.13. The molecule has 18 heavy (non-hydrogen) atoms. The van der Waals surface area contributed by atoms with Crippen molar-refractivity contribution >= 4 is 17.5 Å². The number of nitrogens with two attached hydrogens (primary N) is 1. The molecule has 0 atom stereocenters. The number of para-hydroxylation sites is 1. The first kappa shape index (κ1) is 12.0. The van der Waals surface area contributed by atoms with Crippen molar-refractivity contribution in [2.24, 2.45) is 0 Å². The molecule has 0 radical (unpaired) electrons. The third kappa shape index (κ3) is 2.27. The second-order valence-electron chi connectivity index (χ2n) is 3.71. The van der Waals surface area contributed by atoms with E-state index in [0.29, 0.717) is 22.7 Å². The molecular weight excluding hydrogens is 234 g/mol. The van der Waals surface area contributed by atoms with Gasteiger partial charge in [0, 0.05) is 6.07 Å². The van der Waals surface area contributed by atoms with Crippen LogP contribution in [0.2, 0.25) is 0 Å². The van der Waals surface area contributed by atoms with E-state index in [4.69, 9.17) is 15.0 Å². The zero-order valence-corrected chi connectivity index (χ0v) is 10.1. The zero-order valence-electron chi connectivity index (χ0n) is 10.1. The number of ether oxygens (including phenoxy) is 1. The topological polar surface area (TPSA) is 90.4 Å². The SMILES string of the molecule is COc1c(N)cccc1C(=O)Nc1cc(C)no1. The molecular formula is C12H13N3O3. The van der Waals surface area contributed by atoms with E-state index in [9.17, 15) is 4.79 Å². The molecule has 1 heterocycles. The van der Waals surface area contributed by atoms with Gasteiger partial charge in [-0.25, -0.2) is 0 Å². The Kier molecular flexibility index (Phi) is 3.18. The maximum atomic E-state index is 12.0. The summed E-state index contributed by atoms with van der Waals surface area (Å²) in [6.45, 7) is 1.76. The lowest BCUT2D eigenvalue weighted by Gasteiger charge is -2.09. The number of nitrogens with zero attached hydrogens (tertiary/aromatic N) is 1. The number of nitrogen functional groups attached to an aromatic ring is 1. The molecule has 2 aromatic rings. The first-order chi connectivity index (χ1) is 8.61. The van der Waals surface area contributed by atoms with E-state index in [1.165, 1.54) is 7.11 Å². The van der Waals surface area contributed by atoms with Gasteiger partial charge >= 0.3 is 0 Å². The highest BCUT2D eigenvalue weighted by molar-refractivity contribution is 6.06. The molecule has 0 unspecified atom stereocenters. The molecule has 0 spiro atoms. The summed E-state index contributed by atoms with van der Waals surface area (Å²) in [5, 5.41) is 6.26. The minimum Gasteiger partial charge on any atom is -0.494 e. The van der Waals surface area contributed by atoms with Crippen molar-refractivity contribution in [3.05, 3.63) is 35.5 Å². The van der Waals surface area contributed by atoms with Crippen LogP contribution in [0, 0.1) is 6.92 Å². The average Bonchev–Trinajstić information content (AvgIpc) is 2.74. The highest BCUT2D eigenvalue weighted by atomic mass is 16.5. The lowest BCUT2D eigenvalue weighted by molar-refractivity contribution is 0.102. The summed E-state index contributed by atoms with van der Waals surface area (Å²) in [4.78, 5) is 12.0. The van der Waals surface area contributed by atoms with Crippen molar-refractivity contribution < 1.29 is 14.1 Å². The Hall–Kier alpha value is -2.50. The minimum absolute atomic E-state index is 0.280. The first-order valence-electron chi connectivity index (χ1n) is 5.29. The Morgan fingerprint density at radius 2 is 2.28 bits per heavy atom. The molecule has 6 heteroatoms. The Bertz CT molecular complexity index is 578. The van der Waals surface area contributed by atoms with Gasteiger partial charge in [-0.05, 0) is 19.1 Å². The first-order valence-corrected chi connectivity index (χ1v) is 5.29. The summed E-state index contributed by atoms with van der Waals surface area (Å²) in [7, 11) is 1.46. The van der Waals surface area contributed by atoms with Gasteiger partial charge in [-0.1, -0.05) is 11.2 Å². The fraction of sp³-hybridized carbons (Fsp3) is 0.167. The van der Waals surface area contributed by atoms with Gasteiger partial charge in [0.15, 0.2) is 5.75 Å². The van der Waals surface area contributed by atoms with E-state index in [2.05, 4.69) is 10.5 Å². The van der Waals surface area contributed by atoms with Crippen molar-refractivity contribution in [2.75, 3.05) is 18.2 Å². The van der Waals surface area contributed by atoms with Crippen LogP contribution in [0.25, 0.3) is 0 Å². The second kappa shape index (κ2) is 4.79. The fourth-order valence-corrected chi connectivity index (χ4v) is 1.56. The quantitative estimate of drug-likeness (QED) is 0.807. The van der Waals surface area contributed by atoms with Gasteiger partial charge in [0.05, 0.1) is 24.1 Å². The van der Waals surface area contributed by atoms with Crippen LogP contribution in [0.4, 0.5) is 11.6 Å². The van der Waals surface area contributed by atoms with Crippen molar-refractivity contribution in [1.82, 2.24) is 5.16 Å². The Morgan fingerprint density at radius 3 is 2.89 bits per heavy atom. The number of anilines is 2. The van der Waals surface area contributed by atoms with Crippen molar-refractivity contribution in [3.63, 3.8) is 0 Å². The predicted octanol–water partition coefficient (Wildman–Crippen LogP) is 1.83. The van der Waals surface area contributed by atoms with E-state index in [0.717, 1.165) is 0 Å². The highest BCUT2D eigenvalue weighted by Crippen LogP contribution is 2.26. The van der Waals surface area contributed by atoms with Gasteiger partial charge in [0.1, 0.15) is 0 Å². The number of aromatic nitrogens is 1. The van der Waals surface area contributed by atoms with Gasteiger partial charge < -0.3 is 15.0 Å². The van der Waals surface area contributed by atoms with E-state index >= 15 is 0 Å². The predicted molar refractivity (Wildman–Crippen MR) is 66.6 cm³/mol. The maximum absolute atomic E-state index is 12.0. The fourth-order valence-electron chi connectivity index (χ4n) is 1.56. The summed E-state index contributed by atoms with van der Waals surface area (Å²) < 4.78 is 10.0. The Morgan fingerprint density at radius 1 is 1.50 bits per heavy atom. The summed E-state index contributed by atoms with van der Waals surface area (Å²) >= 11 is 0. The van der Waals surface area contributed by atoms with E-state index in [-0.39, 0.29) is 11.8 Å². The van der Waals surface area contributed by atoms with Crippen LogP contribution < -0.4 is 15.8 Å². The number of rotatable bonds is 3. The summed E-state index contributed by atoms with van der Waals surface area (Å²) in [5.74, 6) is 0.253. The standard InChI is InChI=1S/C12H13N3O3/c1-7-6-10(18-15-7)14-12(16)8-4-3-5-9(13)11(8)17-2/h3-6H,13H2,1-2H3,(H,14,16). The van der Waals surface area contributed by atoms with E-state index in [1.54, 1.807) is 31.2 Å². The molecule has 0 aliphatic carbocycles. The van der Waals surface area contributed by atoms with E-state index in [1.807, 2.05) is 0 Å². The van der Waals surface area contributed by atoms with E-state index < -0.39 is 0 Å². The molecule has 6 nitrogen and oxygen atoms in total. The largest absolute Gasteiger partial charge is 0.494 e. The van der Waals surface area contributed by atoms with Crippen molar-refractivity contribution in [3.8, 4) is 5.75 Å². The third-order valence-corrected chi connectivity index (χ3v) is 2.36. The summed E-state index contributed by atoms with van der Waals surface area (Å²) in [5.41, 5.74) is 7.15. The van der Waals surface area contributed by atoms with Crippen LogP contribution >= 0.6 is 0 Å². The molecule has 3 N–H and O–H groups in total. The number of carbonyl (C=O) groups excluding carboxylic acids is 1. The molecule has 1 aromatic heterocycles. The highest BCUT2D eigenvalue weighted by Gasteiger charge is 2.15. The average molecular weight is 247 g/mol. The van der Waals surface area contributed by atoms with Crippen LogP contribution in [0.5, 0.6) is 5.75 Å². The normalized spacial score (nSPS) is 10.1. The van der Waals surface area contributed by atoms with Gasteiger partial charge in [0.25, 0.3) is 5.91 Å². The monoisotopic (exact) mass is 247 g/mol. The Labute approximate surface area is 104 Å². The van der Waals surface area contributed by atoms with Gasteiger partial charge in [-0.15, -0.1) is 0 Å². The molecule has 94 valence electrons. The molecule has 2 rings (SSSR count). The molecule has 0 bridgehead atoms.